The maximum absolute atomic E-state index is 12.7. The second-order valence-corrected chi connectivity index (χ2v) is 9.09. The molecule has 0 saturated carbocycles. The first-order valence-corrected chi connectivity index (χ1v) is 12.4. The third-order valence-electron chi connectivity index (χ3n) is 5.83. The molecule has 0 unspecified atom stereocenters. The molecular weight excluding hydrogens is 518 g/mol. The third-order valence-corrected chi connectivity index (χ3v) is 5.83. The first kappa shape index (κ1) is 33.0. The average molecular weight is 558 g/mol. The van der Waals surface area contributed by atoms with Crippen molar-refractivity contribution in [2.45, 2.75) is 69.8 Å². The summed E-state index contributed by atoms with van der Waals surface area (Å²) in [5, 5.41) is 28.1. The Morgan fingerprint density at radius 2 is 1.59 bits per heavy atom. The molecule has 0 spiro atoms. The van der Waals surface area contributed by atoms with Crippen LogP contribution in [-0.2, 0) is 28.8 Å². The van der Waals surface area contributed by atoms with Crippen molar-refractivity contribution in [1.29, 1.82) is 0 Å². The fraction of sp³-hybridized carbons (Fsp3) is 0.682. The van der Waals surface area contributed by atoms with Gasteiger partial charge in [0, 0.05) is 13.1 Å². The summed E-state index contributed by atoms with van der Waals surface area (Å²) in [5.74, 6) is -4.75. The molecule has 5 atom stereocenters. The topological polar surface area (TPSA) is 285 Å². The number of amides is 5. The second kappa shape index (κ2) is 16.1. The summed E-state index contributed by atoms with van der Waals surface area (Å²) in [4.78, 5) is 78.1. The largest absolute Gasteiger partial charge is 0.480 e. The number of carboxylic acids is 1. The number of aliphatic imine (C=N–C) groups is 1. The highest BCUT2D eigenvalue weighted by Crippen LogP contribution is 2.18. The summed E-state index contributed by atoms with van der Waals surface area (Å²) in [6.45, 7) is 2.09. The lowest BCUT2D eigenvalue weighted by molar-refractivity contribution is -0.149. The van der Waals surface area contributed by atoms with Gasteiger partial charge < -0.3 is 53.6 Å². The second-order valence-electron chi connectivity index (χ2n) is 9.09. The summed E-state index contributed by atoms with van der Waals surface area (Å²) in [5.41, 5.74) is 16.1. The van der Waals surface area contributed by atoms with Gasteiger partial charge in [-0.1, -0.05) is 0 Å². The van der Waals surface area contributed by atoms with Crippen LogP contribution < -0.4 is 38.5 Å². The molecule has 1 aliphatic rings. The van der Waals surface area contributed by atoms with E-state index in [9.17, 15) is 39.0 Å². The number of hydrogen-bond donors (Lipinski definition) is 9. The van der Waals surface area contributed by atoms with Gasteiger partial charge in [0.15, 0.2) is 5.96 Å². The lowest BCUT2D eigenvalue weighted by atomic mass is 10.1. The smallest absolute Gasteiger partial charge is 0.326 e. The molecule has 1 aliphatic heterocycles. The molecule has 0 bridgehead atoms. The molecule has 0 aromatic rings. The van der Waals surface area contributed by atoms with Crippen LogP contribution in [-0.4, -0.2) is 113 Å². The predicted octanol–water partition coefficient (Wildman–Crippen LogP) is -4.95. The number of nitrogens with zero attached hydrogens (tertiary/aromatic N) is 2. The molecule has 0 aliphatic carbocycles. The molecule has 220 valence electrons. The monoisotopic (exact) mass is 557 g/mol. The number of hydrogen-bond acceptors (Lipinski definition) is 9. The number of nitrogens with one attached hydrogen (secondary N) is 4. The number of carbonyl (C=O) groups excluding carboxylic acids is 5. The molecule has 39 heavy (non-hydrogen) atoms. The van der Waals surface area contributed by atoms with Gasteiger partial charge in [-0.15, -0.1) is 0 Å². The summed E-state index contributed by atoms with van der Waals surface area (Å²) in [6, 6.07) is -4.35. The molecule has 1 heterocycles. The van der Waals surface area contributed by atoms with Crippen molar-refractivity contribution in [3.63, 3.8) is 0 Å². The van der Waals surface area contributed by atoms with Gasteiger partial charge in [0.1, 0.15) is 24.2 Å². The summed E-state index contributed by atoms with van der Waals surface area (Å²) in [7, 11) is 0. The zero-order valence-electron chi connectivity index (χ0n) is 22.0. The van der Waals surface area contributed by atoms with E-state index in [1.807, 2.05) is 0 Å². The Kier molecular flexibility index (Phi) is 13.6. The molecule has 5 amide bonds. The van der Waals surface area contributed by atoms with E-state index in [-0.39, 0.29) is 31.9 Å². The fourth-order valence-corrected chi connectivity index (χ4v) is 3.70. The Morgan fingerprint density at radius 1 is 1.00 bits per heavy atom. The quantitative estimate of drug-likeness (QED) is 0.0522. The molecule has 1 rings (SSSR count). The van der Waals surface area contributed by atoms with Crippen LogP contribution in [0.15, 0.2) is 4.99 Å². The van der Waals surface area contributed by atoms with Crippen molar-refractivity contribution in [1.82, 2.24) is 26.2 Å². The van der Waals surface area contributed by atoms with Crippen LogP contribution in [0.1, 0.15) is 39.5 Å². The van der Waals surface area contributed by atoms with E-state index < -0.39 is 78.9 Å². The molecule has 0 aromatic heterocycles. The highest BCUT2D eigenvalue weighted by molar-refractivity contribution is 5.94. The minimum Gasteiger partial charge on any atom is -0.480 e. The molecular formula is C22H39N9O8. The van der Waals surface area contributed by atoms with Gasteiger partial charge in [0.05, 0.1) is 19.2 Å². The Labute approximate surface area is 225 Å². The van der Waals surface area contributed by atoms with Gasteiger partial charge in [-0.3, -0.25) is 29.0 Å². The highest BCUT2D eigenvalue weighted by atomic mass is 16.4. The van der Waals surface area contributed by atoms with Crippen molar-refractivity contribution in [2.75, 3.05) is 26.2 Å². The Hall–Kier alpha value is -3.99. The first-order chi connectivity index (χ1) is 18.2. The number of rotatable bonds is 15. The number of carboxylic acid groups (broad SMARTS) is 1. The maximum atomic E-state index is 12.7. The van der Waals surface area contributed by atoms with Crippen LogP contribution in [0, 0.1) is 0 Å². The van der Waals surface area contributed by atoms with Gasteiger partial charge in [-0.25, -0.2) is 4.79 Å². The predicted molar refractivity (Wildman–Crippen MR) is 137 cm³/mol. The van der Waals surface area contributed by atoms with Crippen molar-refractivity contribution in [2.24, 2.45) is 22.2 Å². The van der Waals surface area contributed by atoms with Crippen molar-refractivity contribution >= 4 is 41.5 Å². The van der Waals surface area contributed by atoms with E-state index in [1.165, 1.54) is 18.7 Å². The Balaban J connectivity index is 2.67. The zero-order chi connectivity index (χ0) is 29.7. The van der Waals surface area contributed by atoms with E-state index in [4.69, 9.17) is 17.2 Å². The fourth-order valence-electron chi connectivity index (χ4n) is 3.70. The lowest BCUT2D eigenvalue weighted by Gasteiger charge is -2.25. The summed E-state index contributed by atoms with van der Waals surface area (Å²) in [6.07, 6.45) is 0.0868. The standard InChI is InChI=1S/C22H39N9O8/c1-11(20(37)31-8-4-6-14(31)21(38)39)29-15(33)9-27-18(35)13(5-3-7-26-22(24)25)30-16(34)10-28-19(36)17(23)12(2)32/h11-14,17,32H,3-10,23H2,1-2H3,(H,27,35)(H,28,36)(H,29,33)(H,30,34)(H,38,39)(H4,24,25,26)/t11-,12+,13-,14-,17-/m0/s1. The van der Waals surface area contributed by atoms with Crippen LogP contribution >= 0.6 is 0 Å². The van der Waals surface area contributed by atoms with Gasteiger partial charge in [-0.2, -0.15) is 0 Å². The molecule has 17 nitrogen and oxygen atoms in total. The van der Waals surface area contributed by atoms with Crippen LogP contribution in [0.5, 0.6) is 0 Å². The van der Waals surface area contributed by atoms with E-state index in [1.54, 1.807) is 0 Å². The zero-order valence-corrected chi connectivity index (χ0v) is 22.0. The number of guanidine groups is 1. The van der Waals surface area contributed by atoms with Gasteiger partial charge >= 0.3 is 5.97 Å². The minimum atomic E-state index is -1.25. The number of likely N-dealkylation sites (tertiary alicyclic amines) is 1. The van der Waals surface area contributed by atoms with E-state index in [0.29, 0.717) is 12.8 Å². The molecule has 1 fully saturated rings. The van der Waals surface area contributed by atoms with Crippen molar-refractivity contribution < 1.29 is 39.0 Å². The number of aliphatic hydroxyl groups excluding tert-OH is 1. The normalized spacial score (nSPS) is 17.6. The van der Waals surface area contributed by atoms with E-state index in [2.05, 4.69) is 26.3 Å². The Morgan fingerprint density at radius 3 is 2.15 bits per heavy atom. The molecule has 12 N–H and O–H groups in total. The van der Waals surface area contributed by atoms with Crippen molar-refractivity contribution in [3.8, 4) is 0 Å². The van der Waals surface area contributed by atoms with Gasteiger partial charge in [-0.05, 0) is 39.5 Å². The maximum Gasteiger partial charge on any atom is 0.326 e. The van der Waals surface area contributed by atoms with Crippen LogP contribution in [0.3, 0.4) is 0 Å². The minimum absolute atomic E-state index is 0.0809. The van der Waals surface area contributed by atoms with Crippen LogP contribution in [0.25, 0.3) is 0 Å². The number of aliphatic hydroxyl groups is 1. The van der Waals surface area contributed by atoms with E-state index in [0.717, 1.165) is 0 Å². The molecule has 0 radical (unpaired) electrons. The Bertz CT molecular complexity index is 938. The number of nitrogens with two attached hydrogens (primary N) is 3. The first-order valence-electron chi connectivity index (χ1n) is 12.4. The van der Waals surface area contributed by atoms with Gasteiger partial charge in [0.2, 0.25) is 29.5 Å². The SMILES string of the molecule is C[C@H](NC(=O)CNC(=O)[C@H](CCCN=C(N)N)NC(=O)CNC(=O)[C@@H](N)[C@@H](C)O)C(=O)N1CCC[C@H]1C(=O)O. The molecule has 17 heteroatoms. The molecule has 0 aromatic carbocycles. The van der Waals surface area contributed by atoms with Gasteiger partial charge in [0.25, 0.3) is 0 Å². The van der Waals surface area contributed by atoms with Crippen LogP contribution in [0.4, 0.5) is 0 Å². The average Bonchev–Trinajstić information content (AvgIpc) is 3.36. The molecule has 1 saturated heterocycles. The lowest BCUT2D eigenvalue weighted by Crippen LogP contribution is -2.54. The number of carbonyl (C=O) groups is 6. The number of aliphatic carboxylic acids is 1. The highest BCUT2D eigenvalue weighted by Gasteiger charge is 2.36. The van der Waals surface area contributed by atoms with Crippen LogP contribution in [0.2, 0.25) is 0 Å². The summed E-state index contributed by atoms with van der Waals surface area (Å²) >= 11 is 0. The third kappa shape index (κ3) is 11.5. The van der Waals surface area contributed by atoms with E-state index >= 15 is 0 Å². The summed E-state index contributed by atoms with van der Waals surface area (Å²) < 4.78 is 0. The van der Waals surface area contributed by atoms with Crippen molar-refractivity contribution in [3.05, 3.63) is 0 Å².